The van der Waals surface area contributed by atoms with Crippen molar-refractivity contribution in [2.45, 2.75) is 13.0 Å². The molecule has 27 heavy (non-hydrogen) atoms. The summed E-state index contributed by atoms with van der Waals surface area (Å²) in [6, 6.07) is 5.93. The summed E-state index contributed by atoms with van der Waals surface area (Å²) in [5, 5.41) is 2.68. The average Bonchev–Trinajstić information content (AvgIpc) is 2.70. The molecule has 148 valence electrons. The molecule has 0 unspecified atom stereocenters. The van der Waals surface area contributed by atoms with Gasteiger partial charge >= 0.3 is 0 Å². The topological polar surface area (TPSA) is 67.5 Å². The third-order valence-corrected chi connectivity index (χ3v) is 5.50. The first-order chi connectivity index (χ1) is 13.0. The van der Waals surface area contributed by atoms with E-state index in [0.29, 0.717) is 32.8 Å². The second-order valence-electron chi connectivity index (χ2n) is 7.27. The van der Waals surface area contributed by atoms with Gasteiger partial charge in [-0.3, -0.25) is 9.59 Å². The van der Waals surface area contributed by atoms with E-state index < -0.39 is 5.82 Å². The zero-order chi connectivity index (χ0) is 19.2. The van der Waals surface area contributed by atoms with E-state index in [1.165, 1.54) is 15.9 Å². The van der Waals surface area contributed by atoms with Crippen LogP contribution in [0.3, 0.4) is 0 Å². The summed E-state index contributed by atoms with van der Waals surface area (Å²) in [7, 11) is 0. The number of para-hydroxylation sites is 1. The van der Waals surface area contributed by atoms with Crippen molar-refractivity contribution < 1.29 is 28.5 Å². The average molecular weight is 380 g/mol. The first-order valence-electron chi connectivity index (χ1n) is 9.63. The fourth-order valence-electron chi connectivity index (χ4n) is 3.66. The van der Waals surface area contributed by atoms with Crippen LogP contribution in [0.15, 0.2) is 24.3 Å². The van der Waals surface area contributed by atoms with Gasteiger partial charge in [0.05, 0.1) is 18.9 Å². The number of nitrogens with one attached hydrogen (secondary N) is 3. The lowest BCUT2D eigenvalue weighted by atomic mass is 10.2. The van der Waals surface area contributed by atoms with E-state index in [4.69, 9.17) is 4.74 Å². The quantitative estimate of drug-likeness (QED) is 0.543. The SMILES string of the molecule is C[C@@H](C(=O)Nc1ccccc1F)[NH+]1CC[NH+](CC(=O)N2CCOCC2)CC1. The molecule has 2 aliphatic rings. The van der Waals surface area contributed by atoms with Crippen LogP contribution in [0.2, 0.25) is 0 Å². The molecule has 7 nitrogen and oxygen atoms in total. The Morgan fingerprint density at radius 2 is 1.85 bits per heavy atom. The van der Waals surface area contributed by atoms with Crippen LogP contribution < -0.4 is 15.1 Å². The predicted octanol–water partition coefficient (Wildman–Crippen LogP) is -2.21. The number of carbonyl (C=O) groups is 2. The van der Waals surface area contributed by atoms with Gasteiger partial charge in [0.2, 0.25) is 0 Å². The van der Waals surface area contributed by atoms with Crippen molar-refractivity contribution in [3.8, 4) is 0 Å². The monoisotopic (exact) mass is 380 g/mol. The van der Waals surface area contributed by atoms with Gasteiger partial charge in [-0.2, -0.15) is 0 Å². The van der Waals surface area contributed by atoms with Gasteiger partial charge in [0.1, 0.15) is 32.0 Å². The van der Waals surface area contributed by atoms with Crippen LogP contribution in [-0.4, -0.2) is 81.8 Å². The number of nitrogens with zero attached hydrogens (tertiary/aromatic N) is 1. The smallest absolute Gasteiger partial charge is 0.282 e. The first-order valence-corrected chi connectivity index (χ1v) is 9.63. The van der Waals surface area contributed by atoms with E-state index in [9.17, 15) is 14.0 Å². The summed E-state index contributed by atoms with van der Waals surface area (Å²) in [6.07, 6.45) is 0. The Morgan fingerprint density at radius 3 is 2.52 bits per heavy atom. The number of anilines is 1. The highest BCUT2D eigenvalue weighted by molar-refractivity contribution is 5.93. The van der Waals surface area contributed by atoms with Crippen molar-refractivity contribution in [1.29, 1.82) is 0 Å². The van der Waals surface area contributed by atoms with Gasteiger partial charge in [-0.1, -0.05) is 12.1 Å². The molecule has 2 fully saturated rings. The molecular formula is C19H29FN4O3+2. The standard InChI is InChI=1S/C19H27FN4O3/c1-15(19(26)21-17-5-3-2-4-16(17)20)23-8-6-22(7-9-23)14-18(25)24-10-12-27-13-11-24/h2-5,15H,6-14H2,1H3,(H,21,26)/p+2/t15-/m0/s1. The summed E-state index contributed by atoms with van der Waals surface area (Å²) >= 11 is 0. The lowest BCUT2D eigenvalue weighted by Gasteiger charge is -2.34. The molecule has 2 heterocycles. The Balaban J connectivity index is 1.44. The van der Waals surface area contributed by atoms with Crippen LogP contribution in [0, 0.1) is 5.82 Å². The van der Waals surface area contributed by atoms with Gasteiger partial charge < -0.3 is 24.8 Å². The molecule has 1 aromatic carbocycles. The zero-order valence-electron chi connectivity index (χ0n) is 15.8. The summed E-state index contributed by atoms with van der Waals surface area (Å²) in [5.41, 5.74) is 0.217. The van der Waals surface area contributed by atoms with Crippen molar-refractivity contribution in [2.75, 3.05) is 64.3 Å². The molecule has 1 aromatic rings. The minimum absolute atomic E-state index is 0.178. The third kappa shape index (κ3) is 5.24. The molecule has 3 rings (SSSR count). The molecule has 2 saturated heterocycles. The van der Waals surface area contributed by atoms with Crippen LogP contribution in [0.1, 0.15) is 6.92 Å². The highest BCUT2D eigenvalue weighted by atomic mass is 19.1. The number of halogens is 1. The van der Waals surface area contributed by atoms with E-state index in [-0.39, 0.29) is 23.5 Å². The Kier molecular flexibility index (Phi) is 6.76. The number of piperazine rings is 1. The minimum atomic E-state index is -0.427. The molecule has 2 amide bonds. The Labute approximate surface area is 159 Å². The van der Waals surface area contributed by atoms with Crippen LogP contribution in [0.4, 0.5) is 10.1 Å². The number of carbonyl (C=O) groups excluding carboxylic acids is 2. The Morgan fingerprint density at radius 1 is 1.19 bits per heavy atom. The third-order valence-electron chi connectivity index (χ3n) is 5.50. The number of ether oxygens (including phenoxy) is 1. The number of amides is 2. The maximum absolute atomic E-state index is 13.7. The highest BCUT2D eigenvalue weighted by Gasteiger charge is 2.32. The number of hydrogen-bond donors (Lipinski definition) is 3. The van der Waals surface area contributed by atoms with Gasteiger partial charge in [-0.05, 0) is 19.1 Å². The van der Waals surface area contributed by atoms with Gasteiger partial charge in [-0.15, -0.1) is 0 Å². The largest absolute Gasteiger partial charge is 0.378 e. The number of quaternary nitrogens is 2. The van der Waals surface area contributed by atoms with Crippen LogP contribution >= 0.6 is 0 Å². The molecule has 3 N–H and O–H groups in total. The lowest BCUT2D eigenvalue weighted by Crippen LogP contribution is -3.30. The molecular weight excluding hydrogens is 351 g/mol. The molecule has 0 saturated carbocycles. The van der Waals surface area contributed by atoms with Crippen LogP contribution in [-0.2, 0) is 14.3 Å². The van der Waals surface area contributed by atoms with Crippen molar-refractivity contribution in [1.82, 2.24) is 4.90 Å². The summed E-state index contributed by atoms with van der Waals surface area (Å²) in [4.78, 5) is 29.1. The second-order valence-corrected chi connectivity index (χ2v) is 7.27. The summed E-state index contributed by atoms with van der Waals surface area (Å²) in [6.45, 7) is 8.30. The zero-order valence-corrected chi connectivity index (χ0v) is 15.8. The molecule has 0 bridgehead atoms. The van der Waals surface area contributed by atoms with Gasteiger partial charge in [-0.25, -0.2) is 4.39 Å². The fourth-order valence-corrected chi connectivity index (χ4v) is 3.66. The molecule has 0 radical (unpaired) electrons. The first kappa shape index (κ1) is 19.7. The van der Waals surface area contributed by atoms with Crippen LogP contribution in [0.5, 0.6) is 0 Å². The van der Waals surface area contributed by atoms with Crippen molar-refractivity contribution in [3.63, 3.8) is 0 Å². The number of benzene rings is 1. The second kappa shape index (κ2) is 9.25. The van der Waals surface area contributed by atoms with Crippen molar-refractivity contribution in [2.24, 2.45) is 0 Å². The maximum atomic E-state index is 13.7. The molecule has 0 spiro atoms. The molecule has 0 aromatic heterocycles. The van der Waals surface area contributed by atoms with E-state index in [0.717, 1.165) is 26.2 Å². The molecule has 1 atom stereocenters. The normalized spacial score (nSPS) is 24.3. The van der Waals surface area contributed by atoms with E-state index >= 15 is 0 Å². The van der Waals surface area contributed by atoms with Gasteiger partial charge in [0.25, 0.3) is 11.8 Å². The van der Waals surface area contributed by atoms with Crippen molar-refractivity contribution in [3.05, 3.63) is 30.1 Å². The van der Waals surface area contributed by atoms with E-state index in [2.05, 4.69) is 5.32 Å². The van der Waals surface area contributed by atoms with Gasteiger partial charge in [0, 0.05) is 13.1 Å². The fraction of sp³-hybridized carbons (Fsp3) is 0.579. The Hall–Kier alpha value is -2.03. The van der Waals surface area contributed by atoms with E-state index in [1.54, 1.807) is 18.2 Å². The minimum Gasteiger partial charge on any atom is -0.378 e. The molecule has 0 aliphatic carbocycles. The molecule has 2 aliphatic heterocycles. The number of morpholine rings is 1. The highest BCUT2D eigenvalue weighted by Crippen LogP contribution is 2.12. The Bertz CT molecular complexity index is 658. The van der Waals surface area contributed by atoms with Gasteiger partial charge in [0.15, 0.2) is 12.6 Å². The number of hydrogen-bond acceptors (Lipinski definition) is 3. The van der Waals surface area contributed by atoms with Crippen molar-refractivity contribution >= 4 is 17.5 Å². The predicted molar refractivity (Wildman–Crippen MR) is 98.2 cm³/mol. The van der Waals surface area contributed by atoms with E-state index in [1.807, 2.05) is 11.8 Å². The number of rotatable bonds is 5. The maximum Gasteiger partial charge on any atom is 0.282 e. The molecule has 8 heteroatoms. The summed E-state index contributed by atoms with van der Waals surface area (Å²) < 4.78 is 19.0. The van der Waals surface area contributed by atoms with Crippen LogP contribution in [0.25, 0.3) is 0 Å². The lowest BCUT2D eigenvalue weighted by molar-refractivity contribution is -1.01. The summed E-state index contributed by atoms with van der Waals surface area (Å²) in [5.74, 6) is -0.422.